The van der Waals surface area contributed by atoms with Crippen molar-refractivity contribution < 1.29 is 0 Å². The Morgan fingerprint density at radius 1 is 0.607 bits per heavy atom. The van der Waals surface area contributed by atoms with Gasteiger partial charge in [0.1, 0.15) is 0 Å². The van der Waals surface area contributed by atoms with Gasteiger partial charge in [0.15, 0.2) is 0 Å². The summed E-state index contributed by atoms with van der Waals surface area (Å²) in [7, 11) is 0. The molecule has 0 aliphatic heterocycles. The van der Waals surface area contributed by atoms with Crippen LogP contribution < -0.4 is 0 Å². The molecule has 0 atom stereocenters. The van der Waals surface area contributed by atoms with Crippen LogP contribution in [0.25, 0.3) is 21.8 Å². The molecular weight excluding hydrogens is 338 g/mol. The number of rotatable bonds is 13. The summed E-state index contributed by atoms with van der Waals surface area (Å²) in [6, 6.07) is 17.4. The number of para-hydroxylation sites is 1. The molecule has 0 aliphatic rings. The maximum atomic E-state index is 4.85. The average Bonchev–Trinajstić information content (AvgIpc) is 2.73. The van der Waals surface area contributed by atoms with Crippen LogP contribution >= 0.6 is 0 Å². The van der Waals surface area contributed by atoms with Gasteiger partial charge in [0.05, 0.1) is 11.0 Å². The Labute approximate surface area is 171 Å². The van der Waals surface area contributed by atoms with Crippen LogP contribution in [0.5, 0.6) is 0 Å². The molecule has 1 heterocycles. The maximum Gasteiger partial charge on any atom is 0.0712 e. The van der Waals surface area contributed by atoms with E-state index >= 15 is 0 Å². The minimum Gasteiger partial charge on any atom is -0.248 e. The van der Waals surface area contributed by atoms with Gasteiger partial charge in [0, 0.05) is 10.8 Å². The van der Waals surface area contributed by atoms with Crippen LogP contribution in [0, 0.1) is 0 Å². The van der Waals surface area contributed by atoms with Gasteiger partial charge in [0.25, 0.3) is 0 Å². The lowest BCUT2D eigenvalue weighted by atomic mass is 9.99. The minimum absolute atomic E-state index is 1.09. The summed E-state index contributed by atoms with van der Waals surface area (Å²) in [5.74, 6) is 0. The van der Waals surface area contributed by atoms with E-state index in [9.17, 15) is 0 Å². The second-order valence-electron chi connectivity index (χ2n) is 8.30. The monoisotopic (exact) mass is 375 g/mol. The van der Waals surface area contributed by atoms with Gasteiger partial charge in [0.2, 0.25) is 0 Å². The molecule has 0 aliphatic carbocycles. The molecule has 150 valence electrons. The van der Waals surface area contributed by atoms with Crippen LogP contribution in [0.15, 0.2) is 48.5 Å². The largest absolute Gasteiger partial charge is 0.248 e. The third kappa shape index (κ3) is 6.33. The molecule has 0 radical (unpaired) electrons. The van der Waals surface area contributed by atoms with Crippen molar-refractivity contribution in [1.82, 2.24) is 4.98 Å². The maximum absolute atomic E-state index is 4.85. The average molecular weight is 376 g/mol. The Hall–Kier alpha value is -1.89. The van der Waals surface area contributed by atoms with Crippen LogP contribution in [-0.4, -0.2) is 4.98 Å². The first-order valence-corrected chi connectivity index (χ1v) is 11.7. The van der Waals surface area contributed by atoms with Crippen molar-refractivity contribution >= 4 is 21.8 Å². The Balaban J connectivity index is 1.36. The van der Waals surface area contributed by atoms with Crippen molar-refractivity contribution in [3.05, 3.63) is 54.1 Å². The van der Waals surface area contributed by atoms with E-state index in [-0.39, 0.29) is 0 Å². The summed E-state index contributed by atoms with van der Waals surface area (Å²) in [6.07, 6.45) is 18.1. The van der Waals surface area contributed by atoms with E-state index in [1.165, 1.54) is 99.8 Å². The third-order valence-corrected chi connectivity index (χ3v) is 5.95. The fourth-order valence-electron chi connectivity index (χ4n) is 4.23. The van der Waals surface area contributed by atoms with Gasteiger partial charge in [-0.2, -0.15) is 0 Å². The van der Waals surface area contributed by atoms with Crippen LogP contribution in [0.3, 0.4) is 0 Å². The van der Waals surface area contributed by atoms with Crippen molar-refractivity contribution in [3.8, 4) is 0 Å². The van der Waals surface area contributed by atoms with E-state index < -0.39 is 0 Å². The predicted molar refractivity (Wildman–Crippen MR) is 124 cm³/mol. The van der Waals surface area contributed by atoms with E-state index in [1.807, 2.05) is 0 Å². The zero-order valence-corrected chi connectivity index (χ0v) is 17.8. The molecule has 1 heteroatoms. The topological polar surface area (TPSA) is 12.9 Å². The van der Waals surface area contributed by atoms with E-state index in [4.69, 9.17) is 4.98 Å². The number of hydrogen-bond acceptors (Lipinski definition) is 1. The quantitative estimate of drug-likeness (QED) is 0.215. The summed E-state index contributed by atoms with van der Waals surface area (Å²) in [6.45, 7) is 2.29. The van der Waals surface area contributed by atoms with E-state index in [1.54, 1.807) is 0 Å². The predicted octanol–water partition coefficient (Wildman–Crippen LogP) is 8.63. The molecule has 3 aromatic rings. The molecule has 1 aromatic heterocycles. The Kier molecular flexibility index (Phi) is 8.81. The van der Waals surface area contributed by atoms with Crippen LogP contribution in [-0.2, 0) is 6.42 Å². The lowest BCUT2D eigenvalue weighted by Gasteiger charge is -2.08. The first kappa shape index (κ1) is 20.8. The molecule has 3 rings (SSSR count). The standard InChI is InChI=1S/C27H37N/c1-2-3-4-5-6-7-8-9-10-11-12-13-17-23-19-16-21-27-25(23)22-24-18-14-15-20-26(24)28-27/h14-16,18-22H,2-13,17H2,1H3. The molecule has 0 spiro atoms. The van der Waals surface area contributed by atoms with Crippen LogP contribution in [0.4, 0.5) is 0 Å². The normalized spacial score (nSPS) is 11.5. The molecule has 0 fully saturated rings. The fraction of sp³-hybridized carbons (Fsp3) is 0.519. The van der Waals surface area contributed by atoms with Gasteiger partial charge in [-0.05, 0) is 36.6 Å². The number of unbranched alkanes of at least 4 members (excludes halogenated alkanes) is 11. The first-order chi connectivity index (χ1) is 13.9. The number of benzene rings is 2. The smallest absolute Gasteiger partial charge is 0.0712 e. The summed E-state index contributed by atoms with van der Waals surface area (Å²) in [5, 5.41) is 2.58. The number of aryl methyl sites for hydroxylation is 1. The zero-order chi connectivity index (χ0) is 19.4. The van der Waals surface area contributed by atoms with Crippen LogP contribution in [0.1, 0.15) is 89.5 Å². The molecule has 28 heavy (non-hydrogen) atoms. The van der Waals surface area contributed by atoms with Gasteiger partial charge >= 0.3 is 0 Å². The zero-order valence-electron chi connectivity index (χ0n) is 17.8. The number of pyridine rings is 1. The molecule has 2 aromatic carbocycles. The first-order valence-electron chi connectivity index (χ1n) is 11.7. The lowest BCUT2D eigenvalue weighted by Crippen LogP contribution is -1.91. The lowest BCUT2D eigenvalue weighted by molar-refractivity contribution is 0.544. The van der Waals surface area contributed by atoms with Crippen molar-refractivity contribution in [2.45, 2.75) is 90.4 Å². The number of fused-ring (bicyclic) bond motifs is 2. The van der Waals surface area contributed by atoms with E-state index in [0.717, 1.165) is 11.0 Å². The van der Waals surface area contributed by atoms with Gasteiger partial charge in [-0.1, -0.05) is 108 Å². The summed E-state index contributed by atoms with van der Waals surface area (Å²) in [5.41, 5.74) is 3.69. The van der Waals surface area contributed by atoms with Crippen molar-refractivity contribution in [3.63, 3.8) is 0 Å². The molecule has 0 N–H and O–H groups in total. The third-order valence-electron chi connectivity index (χ3n) is 5.95. The summed E-state index contributed by atoms with van der Waals surface area (Å²) in [4.78, 5) is 4.85. The van der Waals surface area contributed by atoms with Gasteiger partial charge in [-0.3, -0.25) is 0 Å². The molecule has 1 nitrogen and oxygen atoms in total. The molecule has 0 bridgehead atoms. The van der Waals surface area contributed by atoms with Crippen molar-refractivity contribution in [2.75, 3.05) is 0 Å². The molecule has 0 saturated heterocycles. The number of hydrogen-bond donors (Lipinski definition) is 0. The molecular formula is C27H37N. The Bertz CT molecular complexity index is 836. The highest BCUT2D eigenvalue weighted by molar-refractivity contribution is 5.94. The second kappa shape index (κ2) is 11.8. The number of nitrogens with zero attached hydrogens (tertiary/aromatic N) is 1. The van der Waals surface area contributed by atoms with Gasteiger partial charge < -0.3 is 0 Å². The van der Waals surface area contributed by atoms with Gasteiger partial charge in [-0.15, -0.1) is 0 Å². The SMILES string of the molecule is CCCCCCCCCCCCCCc1cccc2nc3ccccc3cc12. The Morgan fingerprint density at radius 3 is 1.93 bits per heavy atom. The molecule has 0 unspecified atom stereocenters. The highest BCUT2D eigenvalue weighted by atomic mass is 14.7. The van der Waals surface area contributed by atoms with Crippen molar-refractivity contribution in [1.29, 1.82) is 0 Å². The number of aromatic nitrogens is 1. The van der Waals surface area contributed by atoms with E-state index in [2.05, 4.69) is 55.5 Å². The minimum atomic E-state index is 1.09. The summed E-state index contributed by atoms with van der Waals surface area (Å²) >= 11 is 0. The highest BCUT2D eigenvalue weighted by Crippen LogP contribution is 2.24. The fourth-order valence-corrected chi connectivity index (χ4v) is 4.23. The Morgan fingerprint density at radius 2 is 1.21 bits per heavy atom. The van der Waals surface area contributed by atoms with Gasteiger partial charge in [-0.25, -0.2) is 4.98 Å². The molecule has 0 saturated carbocycles. The molecule has 0 amide bonds. The van der Waals surface area contributed by atoms with E-state index in [0.29, 0.717) is 0 Å². The van der Waals surface area contributed by atoms with Crippen LogP contribution in [0.2, 0.25) is 0 Å². The highest BCUT2D eigenvalue weighted by Gasteiger charge is 2.04. The summed E-state index contributed by atoms with van der Waals surface area (Å²) < 4.78 is 0. The van der Waals surface area contributed by atoms with Crippen molar-refractivity contribution in [2.24, 2.45) is 0 Å². The second-order valence-corrected chi connectivity index (χ2v) is 8.30.